The minimum atomic E-state index is -5.39. The van der Waals surface area contributed by atoms with Gasteiger partial charge in [0.15, 0.2) is 0 Å². The van der Waals surface area contributed by atoms with E-state index in [-0.39, 0.29) is 26.2 Å². The van der Waals surface area contributed by atoms with E-state index in [2.05, 4.69) is 0 Å². The molecule has 0 aliphatic rings. The van der Waals surface area contributed by atoms with Crippen molar-refractivity contribution >= 4 is 17.0 Å². The first-order chi connectivity index (χ1) is 3.73. The summed E-state index contributed by atoms with van der Waals surface area (Å²) in [6, 6.07) is 0. The van der Waals surface area contributed by atoms with Crippen LogP contribution >= 0.6 is 7.82 Å². The van der Waals surface area contributed by atoms with Crippen LogP contribution in [0.15, 0.2) is 0 Å². The van der Waals surface area contributed by atoms with E-state index in [1.165, 1.54) is 0 Å². The van der Waals surface area contributed by atoms with Gasteiger partial charge in [-0.05, 0) is 0 Å². The summed E-state index contributed by atoms with van der Waals surface area (Å²) < 4.78 is 17.2. The normalized spacial score (nSPS) is 8.30. The van der Waals surface area contributed by atoms with Gasteiger partial charge in [0.1, 0.15) is 0 Å². The van der Waals surface area contributed by atoms with Crippen LogP contribution in [0.4, 0.5) is 0 Å². The van der Waals surface area contributed by atoms with E-state index in [0.717, 1.165) is 0 Å². The van der Waals surface area contributed by atoms with Crippen molar-refractivity contribution in [1.29, 1.82) is 0 Å². The van der Waals surface area contributed by atoms with Crippen molar-refractivity contribution in [2.45, 2.75) is 0 Å². The summed E-state index contributed by atoms with van der Waals surface area (Å²) in [6.07, 6.45) is 0. The number of rotatable bonds is 0. The van der Waals surface area contributed by atoms with Gasteiger partial charge in [-0.2, -0.15) is 7.82 Å². The van der Waals surface area contributed by atoms with Gasteiger partial charge < -0.3 is 33.3 Å². The van der Waals surface area contributed by atoms with Crippen molar-refractivity contribution in [1.82, 2.24) is 0 Å². The third kappa shape index (κ3) is 1340. The van der Waals surface area contributed by atoms with Crippen LogP contribution in [-0.2, 0) is 35.2 Å². The smallest absolute Gasteiger partial charge is 0.822 e. The molecule has 1 N–H and O–H groups in total. The van der Waals surface area contributed by atoms with Crippen LogP contribution in [0.25, 0.3) is 0 Å². The molecule has 7 nitrogen and oxygen atoms in total. The van der Waals surface area contributed by atoms with Crippen molar-refractivity contribution in [3.63, 3.8) is 0 Å². The Balaban J connectivity index is -0.0000000910. The molecule has 0 rings (SSSR count). The molecule has 0 aliphatic carbocycles. The van der Waals surface area contributed by atoms with Gasteiger partial charge in [-0.3, -0.25) is 0 Å². The molecule has 0 amide bonds. The largest absolute Gasteiger partial charge is 4.00 e. The van der Waals surface area contributed by atoms with Gasteiger partial charge in [0.2, 0.25) is 0 Å². The summed E-state index contributed by atoms with van der Waals surface area (Å²) in [5.74, 6) is 0. The molecule has 10 heavy (non-hydrogen) atoms. The molecule has 0 aromatic heterocycles. The van der Waals surface area contributed by atoms with E-state index < -0.39 is 17.0 Å². The standard InChI is InChI=1S/H3O4P.HO3Si.Zr/c1-5(2,3)4;1-4(2)3;/h(H3,1,2,3,4);1H;/q;-1;+4/p-3. The Morgan fingerprint density at radius 1 is 1.30 bits per heavy atom. The summed E-state index contributed by atoms with van der Waals surface area (Å²) in [4.78, 5) is 41.3. The molecule has 0 radical (unpaired) electrons. The number of phosphoric acid groups is 1. The first kappa shape index (κ1) is 16.9. The summed E-state index contributed by atoms with van der Waals surface area (Å²) in [5.41, 5.74) is 0. The fourth-order valence-corrected chi connectivity index (χ4v) is 0. The second-order valence-corrected chi connectivity index (χ2v) is 2.14. The van der Waals surface area contributed by atoms with Crippen LogP contribution in [0, 0.1) is 0 Å². The quantitative estimate of drug-likeness (QED) is 0.339. The molecule has 0 spiro atoms. The van der Waals surface area contributed by atoms with Gasteiger partial charge in [0.05, 0.1) is 0 Å². The monoisotopic (exact) mass is 262 g/mol. The van der Waals surface area contributed by atoms with Gasteiger partial charge in [-0.25, -0.2) is 0 Å². The molecule has 0 heterocycles. The van der Waals surface area contributed by atoms with Crippen molar-refractivity contribution in [3.05, 3.63) is 0 Å². The molecule has 0 saturated carbocycles. The fourth-order valence-electron chi connectivity index (χ4n) is 0. The Labute approximate surface area is 76.6 Å². The Morgan fingerprint density at radius 2 is 1.30 bits per heavy atom. The molecule has 0 aliphatic heterocycles. The second-order valence-electron chi connectivity index (χ2n) is 0.713. The first-order valence-corrected chi connectivity index (χ1v) is 4.09. The summed E-state index contributed by atoms with van der Waals surface area (Å²) in [6.45, 7) is 0. The predicted octanol–water partition coefficient (Wildman–Crippen LogP) is -5.07. The molecule has 0 saturated heterocycles. The van der Waals surface area contributed by atoms with Crippen molar-refractivity contribution in [3.8, 4) is 0 Å². The van der Waals surface area contributed by atoms with Gasteiger partial charge >= 0.3 is 35.4 Å². The average Bonchev–Trinajstić information content (AvgIpc) is 1.19. The Bertz CT molecular complexity index is 113. The van der Waals surface area contributed by atoms with E-state index in [9.17, 15) is 0 Å². The van der Waals surface area contributed by atoms with Crippen molar-refractivity contribution < 1.29 is 59.5 Å². The molecule has 56 valence electrons. The zero-order chi connectivity index (χ0) is 8.08. The van der Waals surface area contributed by atoms with Crippen LogP contribution in [0.5, 0.6) is 0 Å². The van der Waals surface area contributed by atoms with Crippen LogP contribution in [-0.4, -0.2) is 14.0 Å². The first-order valence-electron chi connectivity index (χ1n) is 1.36. The van der Waals surface area contributed by atoms with Crippen LogP contribution < -0.4 is 19.5 Å². The SMILES string of the molecule is O=P([O-])([O-])[O-].O=[Si]([O-])O.[Zr+4]. The molecule has 0 aromatic carbocycles. The minimum Gasteiger partial charge on any atom is -0.822 e. The fraction of sp³-hybridized carbons (Fsp3) is 0. The Morgan fingerprint density at radius 3 is 1.30 bits per heavy atom. The molecule has 0 unspecified atom stereocenters. The number of hydrogen-bond donors (Lipinski definition) is 1. The molecular formula is HO7PSiZr. The van der Waals surface area contributed by atoms with Crippen LogP contribution in [0.1, 0.15) is 0 Å². The van der Waals surface area contributed by atoms with Crippen molar-refractivity contribution in [2.75, 3.05) is 0 Å². The maximum Gasteiger partial charge on any atom is 4.00 e. The van der Waals surface area contributed by atoms with Crippen LogP contribution in [0.2, 0.25) is 0 Å². The van der Waals surface area contributed by atoms with Gasteiger partial charge in [-0.1, -0.05) is 0 Å². The van der Waals surface area contributed by atoms with E-state index >= 15 is 0 Å². The molecular weight excluding hydrogens is 262 g/mol. The topological polar surface area (TPSA) is 147 Å². The summed E-state index contributed by atoms with van der Waals surface area (Å²) >= 11 is 0. The third-order valence-electron chi connectivity index (χ3n) is 0. The van der Waals surface area contributed by atoms with E-state index in [1.807, 2.05) is 0 Å². The van der Waals surface area contributed by atoms with Gasteiger partial charge in [-0.15, -0.1) is 0 Å². The summed E-state index contributed by atoms with van der Waals surface area (Å²) in [5, 5.41) is 0. The molecule has 0 aromatic rings. The molecule has 0 bridgehead atoms. The maximum atomic E-state index is 8.63. The second kappa shape index (κ2) is 7.71. The zero-order valence-corrected chi connectivity index (χ0v) is 8.70. The van der Waals surface area contributed by atoms with Crippen molar-refractivity contribution in [2.24, 2.45) is 0 Å². The predicted molar refractivity (Wildman–Crippen MR) is 16.3 cm³/mol. The summed E-state index contributed by atoms with van der Waals surface area (Å²) in [7, 11) is -8.77. The zero-order valence-electron chi connectivity index (χ0n) is 4.34. The van der Waals surface area contributed by atoms with Gasteiger partial charge in [0, 0.05) is 0 Å². The van der Waals surface area contributed by atoms with E-state index in [1.54, 1.807) is 0 Å². The maximum absolute atomic E-state index is 8.63. The molecule has 10 heteroatoms. The van der Waals surface area contributed by atoms with Gasteiger partial charge in [0.25, 0.3) is 0 Å². The third-order valence-corrected chi connectivity index (χ3v) is 0. The Kier molecular flexibility index (Phi) is 13.1. The van der Waals surface area contributed by atoms with E-state index in [4.69, 9.17) is 33.3 Å². The molecule has 0 atom stereocenters. The molecule has 0 fully saturated rings. The Hall–Kier alpha value is 0.610. The average molecular weight is 263 g/mol. The number of hydrogen-bond acceptors (Lipinski definition) is 6. The van der Waals surface area contributed by atoms with Crippen LogP contribution in [0.3, 0.4) is 0 Å². The van der Waals surface area contributed by atoms with E-state index in [0.29, 0.717) is 0 Å². The minimum absolute atomic E-state index is 0.